The van der Waals surface area contributed by atoms with E-state index in [9.17, 15) is 9.59 Å². The van der Waals surface area contributed by atoms with Gasteiger partial charge in [-0.2, -0.15) is 0 Å². The summed E-state index contributed by atoms with van der Waals surface area (Å²) in [6.45, 7) is 2.79. The Labute approximate surface area is 159 Å². The van der Waals surface area contributed by atoms with Gasteiger partial charge < -0.3 is 10.0 Å². The molecular formula is C19H27N5O3. The Morgan fingerprint density at radius 1 is 1.19 bits per heavy atom. The van der Waals surface area contributed by atoms with Crippen LogP contribution in [-0.4, -0.2) is 88.4 Å². The largest absolute Gasteiger partial charge is 0.396 e. The second kappa shape index (κ2) is 7.55. The number of imide groups is 1. The summed E-state index contributed by atoms with van der Waals surface area (Å²) in [5.74, 6) is -0.159. The van der Waals surface area contributed by atoms with E-state index in [4.69, 9.17) is 5.11 Å². The van der Waals surface area contributed by atoms with Crippen molar-refractivity contribution in [3.63, 3.8) is 0 Å². The fourth-order valence-corrected chi connectivity index (χ4v) is 4.41. The molecule has 0 radical (unpaired) electrons. The van der Waals surface area contributed by atoms with Crippen molar-refractivity contribution in [1.82, 2.24) is 24.9 Å². The monoisotopic (exact) mass is 373 g/mol. The minimum absolute atomic E-state index is 0.0374. The van der Waals surface area contributed by atoms with Crippen molar-refractivity contribution >= 4 is 11.9 Å². The Morgan fingerprint density at radius 3 is 2.70 bits per heavy atom. The summed E-state index contributed by atoms with van der Waals surface area (Å²) in [4.78, 5) is 33.2. The van der Waals surface area contributed by atoms with Gasteiger partial charge in [-0.3, -0.25) is 24.8 Å². The third kappa shape index (κ3) is 3.23. The van der Waals surface area contributed by atoms with Gasteiger partial charge in [-0.15, -0.1) is 0 Å². The molecule has 0 aromatic heterocycles. The van der Waals surface area contributed by atoms with Gasteiger partial charge in [-0.05, 0) is 18.4 Å². The summed E-state index contributed by atoms with van der Waals surface area (Å²) in [5.41, 5.74) is 1.23. The Morgan fingerprint density at radius 2 is 1.96 bits per heavy atom. The topological polar surface area (TPSA) is 79.4 Å². The average Bonchev–Trinajstić information content (AvgIpc) is 3.08. The molecule has 3 amide bonds. The second-order valence-corrected chi connectivity index (χ2v) is 7.44. The van der Waals surface area contributed by atoms with E-state index in [0.29, 0.717) is 6.42 Å². The number of nitrogens with zero attached hydrogens (tertiary/aromatic N) is 4. The Bertz CT molecular complexity index is 700. The zero-order valence-electron chi connectivity index (χ0n) is 15.6. The highest BCUT2D eigenvalue weighted by Gasteiger charge is 2.55. The predicted molar refractivity (Wildman–Crippen MR) is 99.2 cm³/mol. The number of urea groups is 1. The van der Waals surface area contributed by atoms with E-state index in [1.54, 1.807) is 11.9 Å². The van der Waals surface area contributed by atoms with E-state index in [2.05, 4.69) is 27.2 Å². The van der Waals surface area contributed by atoms with Crippen molar-refractivity contribution in [2.45, 2.75) is 37.9 Å². The normalized spacial score (nSPS) is 29.2. The molecular weight excluding hydrogens is 346 g/mol. The lowest BCUT2D eigenvalue weighted by Gasteiger charge is -2.43. The van der Waals surface area contributed by atoms with E-state index in [-0.39, 0.29) is 43.6 Å². The van der Waals surface area contributed by atoms with E-state index >= 15 is 0 Å². The molecule has 3 aliphatic rings. The molecule has 8 nitrogen and oxygen atoms in total. The number of likely N-dealkylation sites (N-methyl/N-ethyl adjacent to an activating group) is 1. The number of hydrogen-bond donors (Lipinski definition) is 2. The molecule has 3 saturated heterocycles. The van der Waals surface area contributed by atoms with Crippen LogP contribution in [0.1, 0.15) is 18.4 Å². The van der Waals surface area contributed by atoms with Gasteiger partial charge in [0.25, 0.3) is 5.91 Å². The molecule has 0 spiro atoms. The molecule has 2 N–H and O–H groups in total. The molecule has 0 bridgehead atoms. The third-order valence-corrected chi connectivity index (χ3v) is 5.74. The van der Waals surface area contributed by atoms with Crippen LogP contribution in [0, 0.1) is 0 Å². The molecule has 0 saturated carbocycles. The molecule has 3 atom stereocenters. The number of benzene rings is 1. The first-order valence-electron chi connectivity index (χ1n) is 9.60. The molecule has 1 aromatic carbocycles. The van der Waals surface area contributed by atoms with Crippen LogP contribution in [-0.2, 0) is 11.3 Å². The predicted octanol–water partition coefficient (Wildman–Crippen LogP) is 0.0522. The number of fused-ring (bicyclic) bond motifs is 3. The number of aliphatic hydroxyl groups is 1. The maximum Gasteiger partial charge on any atom is 0.327 e. The number of aliphatic hydroxyl groups excluding tert-OH is 1. The molecule has 1 aromatic rings. The number of nitrogens with one attached hydrogen (secondary N) is 1. The maximum atomic E-state index is 13.1. The summed E-state index contributed by atoms with van der Waals surface area (Å²) in [6, 6.07) is 9.62. The molecule has 4 rings (SSSR count). The highest BCUT2D eigenvalue weighted by molar-refractivity contribution is 6.00. The molecule has 3 aliphatic heterocycles. The third-order valence-electron chi connectivity index (χ3n) is 5.74. The fraction of sp³-hybridized carbons (Fsp3) is 0.579. The summed E-state index contributed by atoms with van der Waals surface area (Å²) >= 11 is 0. The van der Waals surface area contributed by atoms with Crippen LogP contribution in [0.15, 0.2) is 30.3 Å². The van der Waals surface area contributed by atoms with Crippen molar-refractivity contribution in [2.75, 3.05) is 33.3 Å². The lowest BCUT2D eigenvalue weighted by molar-refractivity contribution is -0.140. The van der Waals surface area contributed by atoms with Crippen molar-refractivity contribution in [1.29, 1.82) is 0 Å². The first-order chi connectivity index (χ1) is 13.1. The molecule has 146 valence electrons. The number of rotatable bonds is 5. The van der Waals surface area contributed by atoms with Crippen molar-refractivity contribution < 1.29 is 14.7 Å². The van der Waals surface area contributed by atoms with Gasteiger partial charge in [0.1, 0.15) is 18.5 Å². The molecule has 3 unspecified atom stereocenters. The van der Waals surface area contributed by atoms with Crippen molar-refractivity contribution in [3.8, 4) is 0 Å². The smallest absolute Gasteiger partial charge is 0.327 e. The highest BCUT2D eigenvalue weighted by Crippen LogP contribution is 2.31. The van der Waals surface area contributed by atoms with Crippen LogP contribution >= 0.6 is 0 Å². The zero-order chi connectivity index (χ0) is 19.0. The second-order valence-electron chi connectivity index (χ2n) is 7.44. The average molecular weight is 373 g/mol. The SMILES string of the molecule is CN1C(=O)N(CCCO)C(=O)C2C1NC1N(Cc3ccccc3)CCCN21. The number of carbonyl (C=O) groups is 2. The molecule has 27 heavy (non-hydrogen) atoms. The Kier molecular flexibility index (Phi) is 5.14. The summed E-state index contributed by atoms with van der Waals surface area (Å²) in [5, 5.41) is 12.6. The standard InChI is InChI=1S/C19H27N5O3/c1-21-16-15(17(26)24(19(21)27)11-6-12-25)23-10-5-9-22(18(23)20-16)13-14-7-3-2-4-8-14/h2-4,7-8,15-16,18,20,25H,5-6,9-13H2,1H3. The summed E-state index contributed by atoms with van der Waals surface area (Å²) in [6.07, 6.45) is 0.998. The highest BCUT2D eigenvalue weighted by atomic mass is 16.3. The van der Waals surface area contributed by atoms with Crippen LogP contribution in [0.4, 0.5) is 4.79 Å². The van der Waals surface area contributed by atoms with Crippen LogP contribution < -0.4 is 5.32 Å². The first kappa shape index (κ1) is 18.4. The Balaban J connectivity index is 1.55. The number of carbonyl (C=O) groups excluding carboxylic acids is 2. The van der Waals surface area contributed by atoms with Gasteiger partial charge in [-0.1, -0.05) is 30.3 Å². The van der Waals surface area contributed by atoms with Crippen LogP contribution in [0.3, 0.4) is 0 Å². The zero-order valence-corrected chi connectivity index (χ0v) is 15.6. The molecule has 8 heteroatoms. The summed E-state index contributed by atoms with van der Waals surface area (Å²) in [7, 11) is 1.74. The Hall–Kier alpha value is -2.00. The maximum absolute atomic E-state index is 13.1. The van der Waals surface area contributed by atoms with Crippen LogP contribution in [0.2, 0.25) is 0 Å². The first-order valence-corrected chi connectivity index (χ1v) is 9.60. The lowest BCUT2D eigenvalue weighted by atomic mass is 10.1. The summed E-state index contributed by atoms with van der Waals surface area (Å²) < 4.78 is 0. The fourth-order valence-electron chi connectivity index (χ4n) is 4.41. The molecule has 3 fully saturated rings. The number of hydrogen-bond acceptors (Lipinski definition) is 6. The minimum atomic E-state index is -0.380. The van der Waals surface area contributed by atoms with E-state index in [1.807, 2.05) is 18.2 Å². The van der Waals surface area contributed by atoms with Gasteiger partial charge in [0.2, 0.25) is 0 Å². The van der Waals surface area contributed by atoms with Gasteiger partial charge in [0.05, 0.1) is 0 Å². The van der Waals surface area contributed by atoms with E-state index < -0.39 is 0 Å². The quantitative estimate of drug-likeness (QED) is 0.760. The van der Waals surface area contributed by atoms with Gasteiger partial charge in [0, 0.05) is 39.8 Å². The van der Waals surface area contributed by atoms with Crippen molar-refractivity contribution in [2.24, 2.45) is 0 Å². The van der Waals surface area contributed by atoms with Crippen LogP contribution in [0.25, 0.3) is 0 Å². The van der Waals surface area contributed by atoms with Crippen molar-refractivity contribution in [3.05, 3.63) is 35.9 Å². The number of amides is 3. The molecule has 3 heterocycles. The van der Waals surface area contributed by atoms with E-state index in [1.165, 1.54) is 10.5 Å². The van der Waals surface area contributed by atoms with E-state index in [0.717, 1.165) is 26.1 Å². The van der Waals surface area contributed by atoms with Gasteiger partial charge in [-0.25, -0.2) is 4.79 Å². The minimum Gasteiger partial charge on any atom is -0.396 e. The van der Waals surface area contributed by atoms with Crippen LogP contribution in [0.5, 0.6) is 0 Å². The molecule has 0 aliphatic carbocycles. The lowest BCUT2D eigenvalue weighted by Crippen LogP contribution is -2.66. The van der Waals surface area contributed by atoms with Gasteiger partial charge in [0.15, 0.2) is 0 Å². The van der Waals surface area contributed by atoms with Gasteiger partial charge >= 0.3 is 6.03 Å².